The molecule has 1 aromatic rings. The Morgan fingerprint density at radius 1 is 1.44 bits per heavy atom. The van der Waals surface area contributed by atoms with Gasteiger partial charge in [0.15, 0.2) is 0 Å². The highest BCUT2D eigenvalue weighted by molar-refractivity contribution is 4.92. The summed E-state index contributed by atoms with van der Waals surface area (Å²) in [6, 6.07) is 1.05. The summed E-state index contributed by atoms with van der Waals surface area (Å²) in [5.41, 5.74) is 5.89. The Morgan fingerprint density at radius 2 is 2.19 bits per heavy atom. The number of aryl methyl sites for hydroxylation is 1. The molecule has 0 bridgehead atoms. The fourth-order valence-corrected chi connectivity index (χ4v) is 2.35. The van der Waals surface area contributed by atoms with Crippen LogP contribution in [0.2, 0.25) is 0 Å². The smallest absolute Gasteiger partial charge is 0.122 e. The van der Waals surface area contributed by atoms with Gasteiger partial charge in [-0.05, 0) is 32.6 Å². The van der Waals surface area contributed by atoms with Gasteiger partial charge in [-0.1, -0.05) is 0 Å². The minimum absolute atomic E-state index is 0.427. The summed E-state index contributed by atoms with van der Waals surface area (Å²) in [5.74, 6) is 1.14. The van der Waals surface area contributed by atoms with E-state index in [2.05, 4.69) is 21.8 Å². The Morgan fingerprint density at radius 3 is 2.88 bits per heavy atom. The molecule has 1 aliphatic rings. The Kier molecular flexibility index (Phi) is 3.96. The first-order chi connectivity index (χ1) is 7.79. The molecule has 0 amide bonds. The van der Waals surface area contributed by atoms with Crippen LogP contribution >= 0.6 is 0 Å². The number of hydrogen-bond acceptors (Lipinski definition) is 3. The highest BCUT2D eigenvalue weighted by atomic mass is 15.1. The maximum Gasteiger partial charge on any atom is 0.122 e. The monoisotopic (exact) mass is 222 g/mol. The molecule has 2 rings (SSSR count). The standard InChI is InChI=1S/C12H22N4/c1-2-16-8-7-14-12(16)9-15-11-5-3-10(13)4-6-11/h7-8,10-11,15H,2-6,9,13H2,1H3. The van der Waals surface area contributed by atoms with Gasteiger partial charge in [0.1, 0.15) is 5.82 Å². The zero-order valence-electron chi connectivity index (χ0n) is 10.0. The van der Waals surface area contributed by atoms with Crippen molar-refractivity contribution in [3.05, 3.63) is 18.2 Å². The van der Waals surface area contributed by atoms with Crippen molar-refractivity contribution in [1.82, 2.24) is 14.9 Å². The first-order valence-electron chi connectivity index (χ1n) is 6.28. The average Bonchev–Trinajstić information content (AvgIpc) is 2.76. The lowest BCUT2D eigenvalue weighted by Gasteiger charge is -2.26. The van der Waals surface area contributed by atoms with Crippen molar-refractivity contribution < 1.29 is 0 Å². The van der Waals surface area contributed by atoms with Crippen molar-refractivity contribution in [1.29, 1.82) is 0 Å². The van der Waals surface area contributed by atoms with Gasteiger partial charge in [0, 0.05) is 31.0 Å². The molecule has 0 aliphatic heterocycles. The van der Waals surface area contributed by atoms with Crippen LogP contribution in [0.3, 0.4) is 0 Å². The van der Waals surface area contributed by atoms with Gasteiger partial charge in [-0.2, -0.15) is 0 Å². The Labute approximate surface area is 97.2 Å². The normalized spacial score (nSPS) is 25.9. The van der Waals surface area contributed by atoms with Crippen molar-refractivity contribution in [2.45, 2.75) is 57.8 Å². The lowest BCUT2D eigenvalue weighted by molar-refractivity contribution is 0.338. The quantitative estimate of drug-likeness (QED) is 0.806. The van der Waals surface area contributed by atoms with E-state index >= 15 is 0 Å². The summed E-state index contributed by atoms with van der Waals surface area (Å²) in [4.78, 5) is 4.36. The van der Waals surface area contributed by atoms with E-state index in [4.69, 9.17) is 5.73 Å². The van der Waals surface area contributed by atoms with Crippen LogP contribution in [-0.4, -0.2) is 21.6 Å². The van der Waals surface area contributed by atoms with E-state index in [-0.39, 0.29) is 0 Å². The SMILES string of the molecule is CCn1ccnc1CNC1CCC(N)CC1. The van der Waals surface area contributed by atoms with Crippen molar-refractivity contribution in [3.8, 4) is 0 Å². The van der Waals surface area contributed by atoms with Gasteiger partial charge in [-0.3, -0.25) is 0 Å². The zero-order chi connectivity index (χ0) is 11.4. The summed E-state index contributed by atoms with van der Waals surface area (Å²) in [7, 11) is 0. The molecule has 1 aliphatic carbocycles. The third kappa shape index (κ3) is 2.83. The molecule has 16 heavy (non-hydrogen) atoms. The second kappa shape index (κ2) is 5.46. The molecule has 90 valence electrons. The van der Waals surface area contributed by atoms with Crippen LogP contribution < -0.4 is 11.1 Å². The van der Waals surface area contributed by atoms with Crippen LogP contribution in [0, 0.1) is 0 Å². The average molecular weight is 222 g/mol. The van der Waals surface area contributed by atoms with Crippen LogP contribution in [0.25, 0.3) is 0 Å². The molecule has 0 saturated heterocycles. The number of hydrogen-bond donors (Lipinski definition) is 2. The van der Waals surface area contributed by atoms with Gasteiger partial charge >= 0.3 is 0 Å². The Bertz CT molecular complexity index is 313. The topological polar surface area (TPSA) is 55.9 Å². The fourth-order valence-electron chi connectivity index (χ4n) is 2.35. The summed E-state index contributed by atoms with van der Waals surface area (Å²) in [6.45, 7) is 4.01. The first kappa shape index (κ1) is 11.6. The maximum atomic E-state index is 5.89. The van der Waals surface area contributed by atoms with Gasteiger partial charge in [0.05, 0.1) is 6.54 Å². The van der Waals surface area contributed by atoms with Crippen LogP contribution in [0.15, 0.2) is 12.4 Å². The molecule has 0 unspecified atom stereocenters. The number of nitrogens with zero attached hydrogens (tertiary/aromatic N) is 2. The van der Waals surface area contributed by atoms with Gasteiger partial charge in [0.25, 0.3) is 0 Å². The van der Waals surface area contributed by atoms with E-state index < -0.39 is 0 Å². The van der Waals surface area contributed by atoms with Crippen molar-refractivity contribution in [2.24, 2.45) is 5.73 Å². The first-order valence-corrected chi connectivity index (χ1v) is 6.28. The summed E-state index contributed by atoms with van der Waals surface area (Å²) >= 11 is 0. The number of aromatic nitrogens is 2. The van der Waals surface area contributed by atoms with E-state index in [0.717, 1.165) is 31.8 Å². The largest absolute Gasteiger partial charge is 0.334 e. The number of nitrogens with one attached hydrogen (secondary N) is 1. The van der Waals surface area contributed by atoms with Crippen molar-refractivity contribution >= 4 is 0 Å². The van der Waals surface area contributed by atoms with Crippen LogP contribution in [0.4, 0.5) is 0 Å². The number of rotatable bonds is 4. The van der Waals surface area contributed by atoms with Crippen LogP contribution in [-0.2, 0) is 13.1 Å². The lowest BCUT2D eigenvalue weighted by atomic mass is 9.92. The van der Waals surface area contributed by atoms with Crippen LogP contribution in [0.5, 0.6) is 0 Å². The van der Waals surface area contributed by atoms with E-state index in [1.54, 1.807) is 0 Å². The van der Waals surface area contributed by atoms with Crippen molar-refractivity contribution in [2.75, 3.05) is 0 Å². The molecular formula is C12H22N4. The molecule has 3 N–H and O–H groups in total. The Balaban J connectivity index is 1.79. The summed E-state index contributed by atoms with van der Waals surface area (Å²) < 4.78 is 2.18. The molecule has 0 spiro atoms. The molecule has 1 fully saturated rings. The third-order valence-corrected chi connectivity index (χ3v) is 3.46. The van der Waals surface area contributed by atoms with Gasteiger partial charge in [-0.15, -0.1) is 0 Å². The van der Waals surface area contributed by atoms with Crippen molar-refractivity contribution in [3.63, 3.8) is 0 Å². The second-order valence-electron chi connectivity index (χ2n) is 4.62. The molecule has 1 aromatic heterocycles. The lowest BCUT2D eigenvalue weighted by Crippen LogP contribution is -2.37. The highest BCUT2D eigenvalue weighted by Gasteiger charge is 2.18. The molecular weight excluding hydrogens is 200 g/mol. The fraction of sp³-hybridized carbons (Fsp3) is 0.750. The minimum atomic E-state index is 0.427. The van der Waals surface area contributed by atoms with E-state index in [9.17, 15) is 0 Å². The van der Waals surface area contributed by atoms with Gasteiger partial charge in [-0.25, -0.2) is 4.98 Å². The predicted molar refractivity (Wildman–Crippen MR) is 65.0 cm³/mol. The molecule has 0 atom stereocenters. The number of nitrogens with two attached hydrogens (primary N) is 1. The molecule has 1 heterocycles. The van der Waals surface area contributed by atoms with Gasteiger partial charge < -0.3 is 15.6 Å². The summed E-state index contributed by atoms with van der Waals surface area (Å²) in [6.07, 6.45) is 8.62. The van der Waals surface area contributed by atoms with E-state index in [1.165, 1.54) is 12.8 Å². The third-order valence-electron chi connectivity index (χ3n) is 3.46. The highest BCUT2D eigenvalue weighted by Crippen LogP contribution is 2.17. The zero-order valence-corrected chi connectivity index (χ0v) is 10.0. The van der Waals surface area contributed by atoms with E-state index in [0.29, 0.717) is 12.1 Å². The van der Waals surface area contributed by atoms with E-state index in [1.807, 2.05) is 12.4 Å². The van der Waals surface area contributed by atoms with Crippen LogP contribution in [0.1, 0.15) is 38.4 Å². The molecule has 4 nitrogen and oxygen atoms in total. The molecule has 0 aromatic carbocycles. The molecule has 4 heteroatoms. The number of imidazole rings is 1. The minimum Gasteiger partial charge on any atom is -0.334 e. The molecule has 0 radical (unpaired) electrons. The molecule has 1 saturated carbocycles. The maximum absolute atomic E-state index is 5.89. The van der Waals surface area contributed by atoms with Gasteiger partial charge in [0.2, 0.25) is 0 Å². The predicted octanol–water partition coefficient (Wildman–Crippen LogP) is 1.26. The summed E-state index contributed by atoms with van der Waals surface area (Å²) in [5, 5.41) is 3.58. The Hall–Kier alpha value is -0.870. The second-order valence-corrected chi connectivity index (χ2v) is 4.62.